The van der Waals surface area contributed by atoms with Crippen LogP contribution in [0.15, 0.2) is 66.9 Å². The molecule has 256 valence electrons. The van der Waals surface area contributed by atoms with Gasteiger partial charge < -0.3 is 20.3 Å². The first kappa shape index (κ1) is 32.0. The van der Waals surface area contributed by atoms with E-state index in [4.69, 9.17) is 9.84 Å². The second-order valence-electron chi connectivity index (χ2n) is 14.6. The Labute approximate surface area is 287 Å². The summed E-state index contributed by atoms with van der Waals surface area (Å²) in [6, 6.07) is 19.2. The molecule has 3 aromatic carbocycles. The van der Waals surface area contributed by atoms with Gasteiger partial charge >= 0.3 is 0 Å². The normalized spacial score (nSPS) is 24.7. The molecule has 2 N–H and O–H groups in total. The van der Waals surface area contributed by atoms with Gasteiger partial charge in [-0.1, -0.05) is 43.5 Å². The molecule has 49 heavy (non-hydrogen) atoms. The van der Waals surface area contributed by atoms with Crippen molar-refractivity contribution in [2.45, 2.75) is 95.3 Å². The number of benzene rings is 3. The first-order valence-electron chi connectivity index (χ1n) is 18.2. The van der Waals surface area contributed by atoms with Gasteiger partial charge in [-0.15, -0.1) is 0 Å². The Hall–Kier alpha value is -4.24. The highest BCUT2D eigenvalue weighted by atomic mass is 19.1. The number of hydrogen-bond acceptors (Lipinski definition) is 5. The third-order valence-corrected chi connectivity index (χ3v) is 11.6. The molecule has 4 fully saturated rings. The lowest BCUT2D eigenvalue weighted by Crippen LogP contribution is -2.54. The smallest absolute Gasteiger partial charge is 0.257 e. The fourth-order valence-corrected chi connectivity index (χ4v) is 9.13. The largest absolute Gasteiger partial charge is 0.382 e. The van der Waals surface area contributed by atoms with E-state index >= 15 is 4.39 Å². The predicted molar refractivity (Wildman–Crippen MR) is 189 cm³/mol. The summed E-state index contributed by atoms with van der Waals surface area (Å²) in [6.45, 7) is 3.26. The highest BCUT2D eigenvalue weighted by Crippen LogP contribution is 2.49. The van der Waals surface area contributed by atoms with Gasteiger partial charge in [-0.25, -0.2) is 4.39 Å². The van der Waals surface area contributed by atoms with Gasteiger partial charge in [0.15, 0.2) is 0 Å². The third kappa shape index (κ3) is 6.22. The quantitative estimate of drug-likeness (QED) is 0.208. The topological polar surface area (TPSA) is 88.5 Å². The van der Waals surface area contributed by atoms with E-state index < -0.39 is 17.8 Å². The molecule has 0 bridgehead atoms. The number of aryl methyl sites for hydroxylation is 1. The number of rotatable bonds is 7. The maximum absolute atomic E-state index is 15.4. The van der Waals surface area contributed by atoms with E-state index in [1.807, 2.05) is 29.3 Å². The summed E-state index contributed by atoms with van der Waals surface area (Å²) in [4.78, 5) is 31.0. The molecule has 0 spiro atoms. The van der Waals surface area contributed by atoms with Gasteiger partial charge in [0.1, 0.15) is 5.82 Å². The molecule has 2 aliphatic carbocycles. The number of hydrogen-bond donors (Lipinski definition) is 2. The van der Waals surface area contributed by atoms with Gasteiger partial charge in [0.05, 0.1) is 35.3 Å². The number of carbonyl (C=O) groups excluding carboxylic acids is 2. The van der Waals surface area contributed by atoms with Gasteiger partial charge in [0.25, 0.3) is 5.91 Å². The number of amides is 2. The van der Waals surface area contributed by atoms with Crippen LogP contribution in [0.4, 0.5) is 15.8 Å². The van der Waals surface area contributed by atoms with E-state index in [0.717, 1.165) is 67.5 Å². The molecule has 3 heterocycles. The minimum absolute atomic E-state index is 0.0516. The van der Waals surface area contributed by atoms with E-state index in [1.165, 1.54) is 31.7 Å². The number of anilines is 2. The first-order valence-corrected chi connectivity index (χ1v) is 18.2. The lowest BCUT2D eigenvalue weighted by atomic mass is 9.76. The van der Waals surface area contributed by atoms with Crippen molar-refractivity contribution < 1.29 is 18.7 Å². The van der Waals surface area contributed by atoms with Crippen molar-refractivity contribution in [1.29, 1.82) is 0 Å². The van der Waals surface area contributed by atoms with Gasteiger partial charge in [-0.2, -0.15) is 5.10 Å². The Morgan fingerprint density at radius 1 is 0.898 bits per heavy atom. The van der Waals surface area contributed by atoms with E-state index in [-0.39, 0.29) is 29.3 Å². The fourth-order valence-electron chi connectivity index (χ4n) is 9.13. The number of nitrogens with one attached hydrogen (secondary N) is 2. The average Bonchev–Trinajstić information content (AvgIpc) is 3.90. The standard InChI is InChI=1S/C40H46FN5O3/c1-25-6-4-10-34(41)37(25)40(48)45-35-11-5-7-27(35)23-33(38(45)26-12-14-30(15-13-26)43-29-8-2-3-9-29)39(47)44-31-16-17-36-28(22-31)24-42-46(36)32-18-20-49-21-19-32/h4,6,10,12-17,22,24,27,29,32-33,35,38,43H,2-3,5,7-9,11,18-21,23H2,1H3,(H,44,47). The Morgan fingerprint density at radius 2 is 1.67 bits per heavy atom. The molecule has 2 saturated carbocycles. The van der Waals surface area contributed by atoms with Crippen LogP contribution in [-0.4, -0.2) is 51.8 Å². The van der Waals surface area contributed by atoms with Crippen molar-refractivity contribution in [2.75, 3.05) is 23.8 Å². The summed E-state index contributed by atoms with van der Waals surface area (Å²) in [7, 11) is 0. The van der Waals surface area contributed by atoms with Crippen molar-refractivity contribution in [2.24, 2.45) is 11.8 Å². The molecular weight excluding hydrogens is 617 g/mol. The van der Waals surface area contributed by atoms with Crippen LogP contribution >= 0.6 is 0 Å². The summed E-state index contributed by atoms with van der Waals surface area (Å²) in [6.07, 6.45) is 12.0. The van der Waals surface area contributed by atoms with Crippen LogP contribution in [-0.2, 0) is 9.53 Å². The van der Waals surface area contributed by atoms with Gasteiger partial charge in [0, 0.05) is 42.1 Å². The zero-order valence-corrected chi connectivity index (χ0v) is 28.2. The zero-order valence-electron chi connectivity index (χ0n) is 28.2. The Kier molecular flexibility index (Phi) is 8.87. The van der Waals surface area contributed by atoms with E-state index in [2.05, 4.69) is 39.6 Å². The summed E-state index contributed by atoms with van der Waals surface area (Å²) in [5.41, 5.74) is 4.40. The summed E-state index contributed by atoms with van der Waals surface area (Å²) in [5.74, 6) is -1.31. The minimum atomic E-state index is -0.536. The molecule has 9 heteroatoms. The van der Waals surface area contributed by atoms with Crippen molar-refractivity contribution in [3.63, 3.8) is 0 Å². The number of halogens is 1. The van der Waals surface area contributed by atoms with Gasteiger partial charge in [-0.3, -0.25) is 14.3 Å². The molecule has 4 unspecified atom stereocenters. The molecule has 2 saturated heterocycles. The molecule has 0 radical (unpaired) electrons. The Morgan fingerprint density at radius 3 is 2.45 bits per heavy atom. The average molecular weight is 664 g/mol. The second-order valence-corrected chi connectivity index (χ2v) is 14.6. The zero-order chi connectivity index (χ0) is 33.5. The number of fused-ring (bicyclic) bond motifs is 2. The summed E-state index contributed by atoms with van der Waals surface area (Å²) < 4.78 is 23.1. The molecule has 4 aliphatic rings. The van der Waals surface area contributed by atoms with E-state index in [0.29, 0.717) is 29.8 Å². The van der Waals surface area contributed by atoms with E-state index in [1.54, 1.807) is 19.1 Å². The van der Waals surface area contributed by atoms with Gasteiger partial charge in [-0.05, 0) is 105 Å². The van der Waals surface area contributed by atoms with Crippen LogP contribution in [0.5, 0.6) is 0 Å². The number of ether oxygens (including phenoxy) is 1. The SMILES string of the molecule is Cc1cccc(F)c1C(=O)N1C2CCCC2CC(C(=O)Nc2ccc3c(cnn3C3CCOCC3)c2)C1c1ccc(NC2CCCC2)cc1. The minimum Gasteiger partial charge on any atom is -0.382 e. The highest BCUT2D eigenvalue weighted by molar-refractivity contribution is 5.99. The lowest BCUT2D eigenvalue weighted by molar-refractivity contribution is -0.125. The maximum atomic E-state index is 15.4. The van der Waals surface area contributed by atoms with Crippen molar-refractivity contribution in [3.05, 3.63) is 89.4 Å². The number of nitrogens with zero attached hydrogens (tertiary/aromatic N) is 3. The molecule has 1 aromatic heterocycles. The van der Waals surface area contributed by atoms with Crippen LogP contribution in [0.2, 0.25) is 0 Å². The Bertz CT molecular complexity index is 1810. The molecule has 8 nitrogen and oxygen atoms in total. The molecular formula is C40H46FN5O3. The number of likely N-dealkylation sites (tertiary alicyclic amines) is 1. The van der Waals surface area contributed by atoms with Crippen LogP contribution < -0.4 is 10.6 Å². The molecule has 4 aromatic rings. The van der Waals surface area contributed by atoms with Crippen LogP contribution in [0.3, 0.4) is 0 Å². The molecule has 2 amide bonds. The monoisotopic (exact) mass is 663 g/mol. The van der Waals surface area contributed by atoms with Crippen LogP contribution in [0.25, 0.3) is 10.9 Å². The second kappa shape index (κ2) is 13.6. The van der Waals surface area contributed by atoms with Gasteiger partial charge in [0.2, 0.25) is 5.91 Å². The molecule has 8 rings (SSSR count). The Balaban J connectivity index is 1.13. The van der Waals surface area contributed by atoms with E-state index in [9.17, 15) is 9.59 Å². The van der Waals surface area contributed by atoms with Crippen LogP contribution in [0, 0.1) is 24.6 Å². The third-order valence-electron chi connectivity index (χ3n) is 11.6. The fraction of sp³-hybridized carbons (Fsp3) is 0.475. The number of carbonyl (C=O) groups is 2. The molecule has 2 aliphatic heterocycles. The van der Waals surface area contributed by atoms with Crippen molar-refractivity contribution in [1.82, 2.24) is 14.7 Å². The highest BCUT2D eigenvalue weighted by Gasteiger charge is 2.50. The lowest BCUT2D eigenvalue weighted by Gasteiger charge is -2.48. The first-order chi connectivity index (χ1) is 23.9. The van der Waals surface area contributed by atoms with Crippen molar-refractivity contribution >= 4 is 34.1 Å². The number of aromatic nitrogens is 2. The summed E-state index contributed by atoms with van der Waals surface area (Å²) >= 11 is 0. The van der Waals surface area contributed by atoms with Crippen LogP contribution in [0.1, 0.15) is 97.8 Å². The maximum Gasteiger partial charge on any atom is 0.257 e. The number of piperidine rings is 1. The molecule has 4 atom stereocenters. The predicted octanol–water partition coefficient (Wildman–Crippen LogP) is 8.20. The van der Waals surface area contributed by atoms with Crippen molar-refractivity contribution in [3.8, 4) is 0 Å². The summed E-state index contributed by atoms with van der Waals surface area (Å²) in [5, 5.41) is 12.6.